The van der Waals surface area contributed by atoms with Crippen molar-refractivity contribution in [3.8, 4) is 0 Å². The first kappa shape index (κ1) is 21.1. The Morgan fingerprint density at radius 1 is 1.46 bits per heavy atom. The number of hydrogen-bond donors (Lipinski definition) is 2. The van der Waals surface area contributed by atoms with E-state index in [0.29, 0.717) is 13.0 Å². The summed E-state index contributed by atoms with van der Waals surface area (Å²) in [6.07, 6.45) is 2.51. The SMILES string of the molecule is CCNC(=NCc1csc(CC)n1)NC1CCN(C(=O)CC)C1.I. The number of aryl methyl sites for hydroxylation is 1. The highest BCUT2D eigenvalue weighted by Crippen LogP contribution is 2.12. The number of halogens is 1. The Balaban J connectivity index is 0.00000288. The van der Waals surface area contributed by atoms with Crippen molar-refractivity contribution in [3.05, 3.63) is 16.1 Å². The predicted octanol–water partition coefficient (Wildman–Crippen LogP) is 2.39. The topological polar surface area (TPSA) is 69.6 Å². The zero-order valence-corrected chi connectivity index (χ0v) is 17.8. The minimum atomic E-state index is 0. The van der Waals surface area contributed by atoms with Gasteiger partial charge in [-0.1, -0.05) is 13.8 Å². The molecular weight excluding hydrogens is 437 g/mol. The summed E-state index contributed by atoms with van der Waals surface area (Å²) in [5, 5.41) is 9.93. The fourth-order valence-corrected chi connectivity index (χ4v) is 3.32. The van der Waals surface area contributed by atoms with E-state index in [0.717, 1.165) is 49.1 Å². The third-order valence-electron chi connectivity index (χ3n) is 3.83. The fourth-order valence-electron chi connectivity index (χ4n) is 2.59. The van der Waals surface area contributed by atoms with Crippen LogP contribution >= 0.6 is 35.3 Å². The second-order valence-electron chi connectivity index (χ2n) is 5.60. The molecule has 1 aromatic heterocycles. The monoisotopic (exact) mass is 465 g/mol. The molecule has 6 nitrogen and oxygen atoms in total. The minimum Gasteiger partial charge on any atom is -0.357 e. The Hall–Kier alpha value is -0.900. The van der Waals surface area contributed by atoms with Crippen molar-refractivity contribution in [2.75, 3.05) is 19.6 Å². The van der Waals surface area contributed by atoms with Gasteiger partial charge in [0.2, 0.25) is 5.91 Å². The number of likely N-dealkylation sites (tertiary alicyclic amines) is 1. The Morgan fingerprint density at radius 3 is 2.88 bits per heavy atom. The van der Waals surface area contributed by atoms with Gasteiger partial charge in [0.15, 0.2) is 5.96 Å². The molecule has 1 aliphatic heterocycles. The van der Waals surface area contributed by atoms with Crippen molar-refractivity contribution < 1.29 is 4.79 Å². The zero-order valence-electron chi connectivity index (χ0n) is 14.7. The lowest BCUT2D eigenvalue weighted by Gasteiger charge is -2.18. The van der Waals surface area contributed by atoms with Crippen LogP contribution < -0.4 is 10.6 Å². The summed E-state index contributed by atoms with van der Waals surface area (Å²) in [5.41, 5.74) is 1.01. The molecule has 0 aliphatic carbocycles. The van der Waals surface area contributed by atoms with Crippen molar-refractivity contribution in [3.63, 3.8) is 0 Å². The Kier molecular flexibility index (Phi) is 9.57. The number of guanidine groups is 1. The lowest BCUT2D eigenvalue weighted by atomic mass is 10.3. The van der Waals surface area contributed by atoms with Gasteiger partial charge in [-0.3, -0.25) is 4.79 Å². The molecule has 1 saturated heterocycles. The van der Waals surface area contributed by atoms with E-state index in [1.807, 2.05) is 11.8 Å². The number of carbonyl (C=O) groups excluding carboxylic acids is 1. The lowest BCUT2D eigenvalue weighted by molar-refractivity contribution is -0.129. The Labute approximate surface area is 165 Å². The Bertz CT molecular complexity index is 548. The van der Waals surface area contributed by atoms with Gasteiger partial charge in [-0.15, -0.1) is 35.3 Å². The molecule has 0 saturated carbocycles. The van der Waals surface area contributed by atoms with Gasteiger partial charge in [-0.05, 0) is 19.8 Å². The number of hydrogen-bond acceptors (Lipinski definition) is 4. The Morgan fingerprint density at radius 2 is 2.25 bits per heavy atom. The van der Waals surface area contributed by atoms with Crippen LogP contribution in [-0.4, -0.2) is 47.4 Å². The van der Waals surface area contributed by atoms with Gasteiger partial charge in [0.25, 0.3) is 0 Å². The van der Waals surface area contributed by atoms with E-state index in [1.165, 1.54) is 0 Å². The molecular formula is C16H28IN5OS. The van der Waals surface area contributed by atoms with E-state index >= 15 is 0 Å². The molecule has 0 aromatic carbocycles. The average molecular weight is 465 g/mol. The highest BCUT2D eigenvalue weighted by atomic mass is 127. The molecule has 2 rings (SSSR count). The van der Waals surface area contributed by atoms with Gasteiger partial charge in [0.05, 0.1) is 17.2 Å². The number of carbonyl (C=O) groups is 1. The first-order chi connectivity index (χ1) is 11.2. The number of aliphatic imine (C=N–C) groups is 1. The van der Waals surface area contributed by atoms with Crippen LogP contribution in [0, 0.1) is 0 Å². The maximum atomic E-state index is 11.8. The maximum absolute atomic E-state index is 11.8. The molecule has 24 heavy (non-hydrogen) atoms. The van der Waals surface area contributed by atoms with Crippen LogP contribution in [0.3, 0.4) is 0 Å². The first-order valence-corrected chi connectivity index (χ1v) is 9.30. The number of rotatable bonds is 6. The van der Waals surface area contributed by atoms with Gasteiger partial charge in [0, 0.05) is 37.5 Å². The van der Waals surface area contributed by atoms with E-state index in [-0.39, 0.29) is 35.9 Å². The zero-order chi connectivity index (χ0) is 16.7. The van der Waals surface area contributed by atoms with Crippen molar-refractivity contribution in [1.82, 2.24) is 20.5 Å². The summed E-state index contributed by atoms with van der Waals surface area (Å²) in [5.74, 6) is 1.03. The van der Waals surface area contributed by atoms with Gasteiger partial charge >= 0.3 is 0 Å². The minimum absolute atomic E-state index is 0. The van der Waals surface area contributed by atoms with Crippen LogP contribution in [0.25, 0.3) is 0 Å². The summed E-state index contributed by atoms with van der Waals surface area (Å²) in [4.78, 5) is 22.8. The van der Waals surface area contributed by atoms with Crippen molar-refractivity contribution in [1.29, 1.82) is 0 Å². The summed E-state index contributed by atoms with van der Waals surface area (Å²) < 4.78 is 0. The highest BCUT2D eigenvalue weighted by molar-refractivity contribution is 14.0. The van der Waals surface area contributed by atoms with Gasteiger partial charge < -0.3 is 15.5 Å². The molecule has 1 aromatic rings. The summed E-state index contributed by atoms with van der Waals surface area (Å²) in [6, 6.07) is 0.268. The number of amides is 1. The first-order valence-electron chi connectivity index (χ1n) is 8.42. The molecule has 1 unspecified atom stereocenters. The molecule has 0 radical (unpaired) electrons. The van der Waals surface area contributed by atoms with Gasteiger partial charge in [-0.2, -0.15) is 0 Å². The van der Waals surface area contributed by atoms with Crippen molar-refractivity contribution >= 4 is 47.2 Å². The third-order valence-corrected chi connectivity index (χ3v) is 4.87. The van der Waals surface area contributed by atoms with E-state index in [9.17, 15) is 4.79 Å². The second kappa shape index (κ2) is 10.9. The lowest BCUT2D eigenvalue weighted by Crippen LogP contribution is -2.45. The summed E-state index contributed by atoms with van der Waals surface area (Å²) >= 11 is 1.69. The standard InChI is InChI=1S/C16H27N5OS.HI/c1-4-14-19-13(11-23-14)9-18-16(17-6-3)20-12-7-8-21(10-12)15(22)5-2;/h11-12H,4-10H2,1-3H3,(H2,17,18,20);1H. The molecule has 136 valence electrons. The average Bonchev–Trinajstić information content (AvgIpc) is 3.21. The molecule has 0 spiro atoms. The highest BCUT2D eigenvalue weighted by Gasteiger charge is 2.25. The molecule has 1 amide bonds. The third kappa shape index (κ3) is 6.19. The number of thiazole rings is 1. The molecule has 1 aliphatic rings. The molecule has 1 atom stereocenters. The van der Waals surface area contributed by atoms with Crippen LogP contribution in [0.1, 0.15) is 44.3 Å². The molecule has 0 bridgehead atoms. The van der Waals surface area contributed by atoms with Gasteiger partial charge in [0.1, 0.15) is 0 Å². The quantitative estimate of drug-likeness (QED) is 0.385. The van der Waals surface area contributed by atoms with Crippen LogP contribution in [0.5, 0.6) is 0 Å². The van der Waals surface area contributed by atoms with E-state index in [1.54, 1.807) is 11.3 Å². The predicted molar refractivity (Wildman–Crippen MR) is 110 cm³/mol. The van der Waals surface area contributed by atoms with Crippen LogP contribution in [0.15, 0.2) is 10.4 Å². The smallest absolute Gasteiger partial charge is 0.222 e. The van der Waals surface area contributed by atoms with E-state index in [2.05, 4.69) is 39.8 Å². The maximum Gasteiger partial charge on any atom is 0.222 e. The van der Waals surface area contributed by atoms with Crippen LogP contribution in [0.2, 0.25) is 0 Å². The van der Waals surface area contributed by atoms with Crippen LogP contribution in [0.4, 0.5) is 0 Å². The number of nitrogens with zero attached hydrogens (tertiary/aromatic N) is 3. The molecule has 2 N–H and O–H groups in total. The van der Waals surface area contributed by atoms with Crippen molar-refractivity contribution in [2.45, 2.75) is 52.6 Å². The van der Waals surface area contributed by atoms with E-state index in [4.69, 9.17) is 0 Å². The number of aromatic nitrogens is 1. The van der Waals surface area contributed by atoms with Gasteiger partial charge in [-0.25, -0.2) is 9.98 Å². The normalized spacial score (nSPS) is 17.5. The van der Waals surface area contributed by atoms with Crippen molar-refractivity contribution in [2.24, 2.45) is 4.99 Å². The van der Waals surface area contributed by atoms with E-state index < -0.39 is 0 Å². The summed E-state index contributed by atoms with van der Waals surface area (Å²) in [6.45, 7) is 9.05. The fraction of sp³-hybridized carbons (Fsp3) is 0.688. The molecule has 1 fully saturated rings. The molecule has 8 heteroatoms. The largest absolute Gasteiger partial charge is 0.357 e. The van der Waals surface area contributed by atoms with Crippen LogP contribution in [-0.2, 0) is 17.8 Å². The summed E-state index contributed by atoms with van der Waals surface area (Å²) in [7, 11) is 0. The molecule has 2 heterocycles. The number of nitrogens with one attached hydrogen (secondary N) is 2. The second-order valence-corrected chi connectivity index (χ2v) is 6.55.